The van der Waals surface area contributed by atoms with Gasteiger partial charge in [-0.25, -0.2) is 0 Å². The molecule has 1 aromatic carbocycles. The number of carbonyl (C=O) groups is 1. The molecule has 3 rings (SSSR count). The van der Waals surface area contributed by atoms with Gasteiger partial charge in [-0.15, -0.1) is 0 Å². The van der Waals surface area contributed by atoms with E-state index < -0.39 is 0 Å². The first kappa shape index (κ1) is 15.7. The second-order valence-electron chi connectivity index (χ2n) is 6.12. The molecular weight excluding hydrogens is 288 g/mol. The van der Waals surface area contributed by atoms with Crippen LogP contribution in [0.3, 0.4) is 0 Å². The van der Waals surface area contributed by atoms with E-state index in [1.165, 1.54) is 17.4 Å². The Labute approximate surface area is 136 Å². The fraction of sp³-hybridized carbons (Fsp3) is 0.421. The molecule has 0 saturated carbocycles. The third kappa shape index (κ3) is 3.41. The lowest BCUT2D eigenvalue weighted by atomic mass is 9.93. The van der Waals surface area contributed by atoms with Crippen LogP contribution in [0, 0.1) is 0 Å². The number of carbonyl (C=O) groups excluding carboxylic acids is 1. The van der Waals surface area contributed by atoms with Crippen LogP contribution in [0.2, 0.25) is 0 Å². The number of ketones is 1. The minimum atomic E-state index is 0.212. The van der Waals surface area contributed by atoms with E-state index >= 15 is 0 Å². The van der Waals surface area contributed by atoms with Crippen molar-refractivity contribution in [1.82, 2.24) is 10.3 Å². The number of nitrogens with one attached hydrogen (secondary N) is 2. The van der Waals surface area contributed by atoms with E-state index in [1.807, 2.05) is 12.1 Å². The third-order valence-electron chi connectivity index (χ3n) is 4.60. The number of H-pyrrole nitrogens is 1. The van der Waals surface area contributed by atoms with Gasteiger partial charge in [0.25, 0.3) is 0 Å². The quantitative estimate of drug-likeness (QED) is 0.854. The van der Waals surface area contributed by atoms with Crippen LogP contribution in [0.25, 0.3) is 10.9 Å². The van der Waals surface area contributed by atoms with E-state index in [-0.39, 0.29) is 5.78 Å². The number of fused-ring (bicyclic) bond motifs is 1. The Kier molecular flexibility index (Phi) is 4.70. The Morgan fingerprint density at radius 2 is 2.13 bits per heavy atom. The zero-order valence-corrected chi connectivity index (χ0v) is 13.9. The topological polar surface area (TPSA) is 54.1 Å². The van der Waals surface area contributed by atoms with Gasteiger partial charge in [0.05, 0.1) is 7.11 Å². The van der Waals surface area contributed by atoms with Gasteiger partial charge >= 0.3 is 0 Å². The van der Waals surface area contributed by atoms with Crippen molar-refractivity contribution in [2.45, 2.75) is 39.0 Å². The van der Waals surface area contributed by atoms with Gasteiger partial charge in [-0.2, -0.15) is 0 Å². The summed E-state index contributed by atoms with van der Waals surface area (Å²) in [6, 6.07) is 6.08. The SMILES string of the molecule is COc1ccc2[nH]cc(CCNC3=C(C(C)=O)CCCC3)c2c1. The van der Waals surface area contributed by atoms with Crippen LogP contribution in [-0.4, -0.2) is 24.4 Å². The van der Waals surface area contributed by atoms with Gasteiger partial charge in [-0.05, 0) is 62.8 Å². The fourth-order valence-electron chi connectivity index (χ4n) is 3.33. The molecular formula is C19H24N2O2. The summed E-state index contributed by atoms with van der Waals surface area (Å²) >= 11 is 0. The molecule has 2 aromatic rings. The monoisotopic (exact) mass is 312 g/mol. The van der Waals surface area contributed by atoms with Gasteiger partial charge < -0.3 is 15.0 Å². The Balaban J connectivity index is 1.70. The minimum absolute atomic E-state index is 0.212. The van der Waals surface area contributed by atoms with E-state index in [2.05, 4.69) is 22.6 Å². The summed E-state index contributed by atoms with van der Waals surface area (Å²) < 4.78 is 5.31. The van der Waals surface area contributed by atoms with Crippen molar-refractivity contribution in [3.05, 3.63) is 41.2 Å². The number of allylic oxidation sites excluding steroid dienone is 2. The highest BCUT2D eigenvalue weighted by atomic mass is 16.5. The molecule has 1 heterocycles. The van der Waals surface area contributed by atoms with Gasteiger partial charge in [0, 0.05) is 34.9 Å². The molecule has 0 atom stereocenters. The molecule has 0 radical (unpaired) electrons. The van der Waals surface area contributed by atoms with Crippen molar-refractivity contribution < 1.29 is 9.53 Å². The maximum atomic E-state index is 11.7. The minimum Gasteiger partial charge on any atom is -0.497 e. The molecule has 0 amide bonds. The Morgan fingerprint density at radius 3 is 2.91 bits per heavy atom. The van der Waals surface area contributed by atoms with E-state index in [0.29, 0.717) is 0 Å². The summed E-state index contributed by atoms with van der Waals surface area (Å²) in [6.07, 6.45) is 7.19. The van der Waals surface area contributed by atoms with Crippen molar-refractivity contribution in [2.75, 3.05) is 13.7 Å². The molecule has 1 aromatic heterocycles. The summed E-state index contributed by atoms with van der Waals surface area (Å²) in [5, 5.41) is 4.70. The average molecular weight is 312 g/mol. The summed E-state index contributed by atoms with van der Waals surface area (Å²) in [5.41, 5.74) is 4.55. The number of ether oxygens (including phenoxy) is 1. The number of Topliss-reactive ketones (excluding diaryl/α,β-unsaturated/α-hetero) is 1. The van der Waals surface area contributed by atoms with E-state index in [9.17, 15) is 4.79 Å². The number of aromatic nitrogens is 1. The second-order valence-corrected chi connectivity index (χ2v) is 6.12. The molecule has 1 aliphatic rings. The molecule has 0 aliphatic heterocycles. The lowest BCUT2D eigenvalue weighted by Gasteiger charge is -2.20. The van der Waals surface area contributed by atoms with Gasteiger partial charge in [-0.1, -0.05) is 0 Å². The van der Waals surface area contributed by atoms with Crippen LogP contribution in [0.15, 0.2) is 35.7 Å². The van der Waals surface area contributed by atoms with Crippen LogP contribution >= 0.6 is 0 Å². The molecule has 23 heavy (non-hydrogen) atoms. The van der Waals surface area contributed by atoms with Crippen molar-refractivity contribution >= 4 is 16.7 Å². The zero-order chi connectivity index (χ0) is 16.2. The molecule has 0 spiro atoms. The van der Waals surface area contributed by atoms with Gasteiger partial charge in [0.15, 0.2) is 5.78 Å². The number of hydrogen-bond donors (Lipinski definition) is 2. The predicted octanol–water partition coefficient (Wildman–Crippen LogP) is 3.73. The Hall–Kier alpha value is -2.23. The van der Waals surface area contributed by atoms with Crippen LogP contribution in [-0.2, 0) is 11.2 Å². The molecule has 122 valence electrons. The molecule has 0 bridgehead atoms. The van der Waals surface area contributed by atoms with Crippen molar-refractivity contribution in [2.24, 2.45) is 0 Å². The standard InChI is InChI=1S/C19H24N2O2/c1-13(22)16-5-3-4-6-18(16)20-10-9-14-12-21-19-8-7-15(23-2)11-17(14)19/h7-8,11-12,20-21H,3-6,9-10H2,1-2H3. The maximum absolute atomic E-state index is 11.7. The first-order valence-corrected chi connectivity index (χ1v) is 8.30. The number of benzene rings is 1. The molecule has 0 fully saturated rings. The van der Waals surface area contributed by atoms with E-state index in [4.69, 9.17) is 4.74 Å². The molecule has 4 nitrogen and oxygen atoms in total. The third-order valence-corrected chi connectivity index (χ3v) is 4.60. The van der Waals surface area contributed by atoms with Crippen LogP contribution in [0.1, 0.15) is 38.2 Å². The molecule has 2 N–H and O–H groups in total. The zero-order valence-electron chi connectivity index (χ0n) is 13.9. The van der Waals surface area contributed by atoms with Crippen molar-refractivity contribution in [3.8, 4) is 5.75 Å². The van der Waals surface area contributed by atoms with Crippen LogP contribution in [0.4, 0.5) is 0 Å². The van der Waals surface area contributed by atoms with Gasteiger partial charge in [-0.3, -0.25) is 4.79 Å². The van der Waals surface area contributed by atoms with Crippen molar-refractivity contribution in [3.63, 3.8) is 0 Å². The normalized spacial score (nSPS) is 15.0. The maximum Gasteiger partial charge on any atom is 0.157 e. The molecule has 4 heteroatoms. The smallest absolute Gasteiger partial charge is 0.157 e. The molecule has 0 unspecified atom stereocenters. The largest absolute Gasteiger partial charge is 0.497 e. The second kappa shape index (κ2) is 6.90. The summed E-state index contributed by atoms with van der Waals surface area (Å²) in [5.74, 6) is 1.09. The number of rotatable bonds is 6. The summed E-state index contributed by atoms with van der Waals surface area (Å²) in [7, 11) is 1.69. The van der Waals surface area contributed by atoms with Crippen LogP contribution in [0.5, 0.6) is 5.75 Å². The number of aromatic amines is 1. The lowest BCUT2D eigenvalue weighted by Crippen LogP contribution is -2.22. The highest BCUT2D eigenvalue weighted by Gasteiger charge is 2.16. The first-order chi connectivity index (χ1) is 11.2. The number of methoxy groups -OCH3 is 1. The predicted molar refractivity (Wildman–Crippen MR) is 92.7 cm³/mol. The molecule has 0 saturated heterocycles. The highest BCUT2D eigenvalue weighted by molar-refractivity contribution is 5.94. The Morgan fingerprint density at radius 1 is 1.30 bits per heavy atom. The van der Waals surface area contributed by atoms with E-state index in [1.54, 1.807) is 14.0 Å². The van der Waals surface area contributed by atoms with Crippen molar-refractivity contribution in [1.29, 1.82) is 0 Å². The van der Waals surface area contributed by atoms with Gasteiger partial charge in [0.1, 0.15) is 5.75 Å². The highest BCUT2D eigenvalue weighted by Crippen LogP contribution is 2.25. The fourth-order valence-corrected chi connectivity index (χ4v) is 3.33. The van der Waals surface area contributed by atoms with Gasteiger partial charge in [0.2, 0.25) is 0 Å². The lowest BCUT2D eigenvalue weighted by molar-refractivity contribution is -0.113. The summed E-state index contributed by atoms with van der Waals surface area (Å²) in [6.45, 7) is 2.52. The average Bonchev–Trinajstić information content (AvgIpc) is 2.97. The van der Waals surface area contributed by atoms with Crippen LogP contribution < -0.4 is 10.1 Å². The Bertz CT molecular complexity index is 743. The number of hydrogen-bond acceptors (Lipinski definition) is 3. The molecule has 1 aliphatic carbocycles. The van der Waals surface area contributed by atoms with E-state index in [0.717, 1.165) is 54.8 Å². The first-order valence-electron chi connectivity index (χ1n) is 8.30. The summed E-state index contributed by atoms with van der Waals surface area (Å²) in [4.78, 5) is 15.0.